The summed E-state index contributed by atoms with van der Waals surface area (Å²) in [5, 5.41) is -7.15. The largest absolute Gasteiger partial charge is 0.460 e. The summed E-state index contributed by atoms with van der Waals surface area (Å²) in [7, 11) is -10.5. The molecule has 1 aromatic rings. The van der Waals surface area contributed by atoms with E-state index in [1.807, 2.05) is 0 Å². The van der Waals surface area contributed by atoms with Crippen molar-refractivity contribution in [3.63, 3.8) is 0 Å². The number of halogens is 12. The van der Waals surface area contributed by atoms with Gasteiger partial charge in [0.25, 0.3) is 0 Å². The maximum absolute atomic E-state index is 13.9. The molecule has 0 saturated carbocycles. The van der Waals surface area contributed by atoms with Gasteiger partial charge in [0.15, 0.2) is 0 Å². The van der Waals surface area contributed by atoms with Crippen molar-refractivity contribution in [2.75, 3.05) is 12.5 Å². The Hall–Kier alpha value is -0.810. The van der Waals surface area contributed by atoms with Gasteiger partial charge in [0, 0.05) is 10.2 Å². The topological polar surface area (TPSA) is 43.4 Å². The summed E-state index contributed by atoms with van der Waals surface area (Å²) in [6.07, 6.45) is -5.72. The number of hydrogen-bond donors (Lipinski definition) is 0. The van der Waals surface area contributed by atoms with E-state index in [0.29, 0.717) is 4.47 Å². The molecule has 1 aromatic carbocycles. The minimum Gasteiger partial charge on any atom is -0.215 e. The van der Waals surface area contributed by atoms with Crippen molar-refractivity contribution in [3.05, 3.63) is 34.3 Å². The highest BCUT2D eigenvalue weighted by Gasteiger charge is 2.90. The van der Waals surface area contributed by atoms with E-state index in [1.165, 1.54) is 24.3 Å². The van der Waals surface area contributed by atoms with Gasteiger partial charge in [-0.15, -0.1) is 10.3 Å². The summed E-state index contributed by atoms with van der Waals surface area (Å²) in [4.78, 5) is 0. The molecule has 0 spiro atoms. The maximum atomic E-state index is 13.9. The molecule has 31 heavy (non-hydrogen) atoms. The third-order valence-corrected chi connectivity index (χ3v) is 8.16. The van der Waals surface area contributed by atoms with Crippen LogP contribution in [0.4, 0.5) is 48.3 Å². The summed E-state index contributed by atoms with van der Waals surface area (Å²) in [5.74, 6) is -23.7. The van der Waals surface area contributed by atoms with Crippen LogP contribution in [0.1, 0.15) is 5.56 Å². The molecule has 0 heterocycles. The van der Waals surface area contributed by atoms with Gasteiger partial charge in [-0.1, -0.05) is 28.1 Å². The first-order valence-electron chi connectivity index (χ1n) is 7.42. The van der Waals surface area contributed by atoms with Crippen LogP contribution in [0.2, 0.25) is 0 Å². The monoisotopic (exact) mass is 580 g/mol. The van der Waals surface area contributed by atoms with Crippen LogP contribution < -0.4 is 0 Å². The first-order valence-corrected chi connectivity index (χ1v) is 12.2. The van der Waals surface area contributed by atoms with Gasteiger partial charge in [-0.3, -0.25) is 0 Å². The second-order valence-electron chi connectivity index (χ2n) is 6.47. The molecule has 182 valence electrons. The predicted octanol–water partition coefficient (Wildman–Crippen LogP) is 6.34. The lowest BCUT2D eigenvalue weighted by Crippen LogP contribution is -2.68. The molecule has 0 bridgehead atoms. The lowest BCUT2D eigenvalue weighted by atomic mass is 10.0. The number of rotatable bonds is 8. The Kier molecular flexibility index (Phi) is 7.46. The third kappa shape index (κ3) is 5.08. The van der Waals surface area contributed by atoms with Crippen molar-refractivity contribution in [3.8, 4) is 0 Å². The molecule has 0 aliphatic rings. The van der Waals surface area contributed by atoms with Crippen LogP contribution in [0.15, 0.2) is 28.7 Å². The van der Waals surface area contributed by atoms with E-state index < -0.39 is 55.4 Å². The van der Waals surface area contributed by atoms with Crippen molar-refractivity contribution >= 4 is 36.4 Å². The lowest BCUT2D eigenvalue weighted by molar-refractivity contribution is -0.413. The van der Waals surface area contributed by atoms with Gasteiger partial charge in [0.05, 0.1) is 0 Å². The van der Waals surface area contributed by atoms with Crippen LogP contribution in [0, 0.1) is 0 Å². The molecule has 0 unspecified atom stereocenters. The lowest BCUT2D eigenvalue weighted by Gasteiger charge is -2.38. The van der Waals surface area contributed by atoms with Crippen molar-refractivity contribution in [2.24, 2.45) is 0 Å². The van der Waals surface area contributed by atoms with Crippen molar-refractivity contribution < 1.29 is 60.3 Å². The van der Waals surface area contributed by atoms with Crippen LogP contribution in [-0.4, -0.2) is 50.1 Å². The zero-order chi connectivity index (χ0) is 24.9. The fourth-order valence-corrected chi connectivity index (χ4v) is 6.18. The van der Waals surface area contributed by atoms with E-state index in [9.17, 15) is 56.7 Å². The van der Waals surface area contributed by atoms with Crippen LogP contribution in [0.25, 0.3) is 0 Å². The van der Waals surface area contributed by atoms with E-state index in [0.717, 1.165) is 12.5 Å². The van der Waals surface area contributed by atoms with Crippen LogP contribution >= 0.6 is 26.2 Å². The third-order valence-electron chi connectivity index (χ3n) is 3.53. The van der Waals surface area contributed by atoms with E-state index >= 15 is 0 Å². The molecular formula is C14H12BrF11O3S2. The summed E-state index contributed by atoms with van der Waals surface area (Å²) in [5.41, 5.74) is 0.224. The summed E-state index contributed by atoms with van der Waals surface area (Å²) in [6.45, 7) is 0. The molecule has 0 aliphatic carbocycles. The second-order valence-corrected chi connectivity index (χ2v) is 12.5. The van der Waals surface area contributed by atoms with Gasteiger partial charge < -0.3 is 0 Å². The van der Waals surface area contributed by atoms with Crippen LogP contribution in [0.5, 0.6) is 0 Å². The number of hydrogen-bond acceptors (Lipinski definition) is 3. The van der Waals surface area contributed by atoms with Gasteiger partial charge >= 0.3 is 39.3 Å². The molecular weight excluding hydrogens is 569 g/mol. The van der Waals surface area contributed by atoms with Gasteiger partial charge in [-0.25, -0.2) is 3.63 Å². The van der Waals surface area contributed by atoms with Gasteiger partial charge in [0.1, 0.15) is 0 Å². The normalized spacial score (nSPS) is 15.8. The Morgan fingerprint density at radius 2 is 1.19 bits per heavy atom. The fourth-order valence-electron chi connectivity index (χ4n) is 2.01. The Morgan fingerprint density at radius 1 is 0.774 bits per heavy atom. The zero-order valence-corrected chi connectivity index (χ0v) is 18.3. The molecule has 0 atom stereocenters. The fraction of sp³-hybridized carbons (Fsp3) is 0.571. The Bertz CT molecular complexity index is 897. The highest BCUT2D eigenvalue weighted by atomic mass is 79.9. The molecule has 0 radical (unpaired) electrons. The summed E-state index contributed by atoms with van der Waals surface area (Å²) < 4.78 is 171. The highest BCUT2D eigenvalue weighted by Crippen LogP contribution is 2.60. The van der Waals surface area contributed by atoms with Crippen molar-refractivity contribution in [1.29, 1.82) is 0 Å². The highest BCUT2D eigenvalue weighted by molar-refractivity contribution is 9.10. The van der Waals surface area contributed by atoms with E-state index in [1.54, 1.807) is 0 Å². The number of benzene rings is 1. The van der Waals surface area contributed by atoms with Crippen LogP contribution in [0.3, 0.4) is 0 Å². The average Bonchev–Trinajstić information content (AvgIpc) is 2.54. The predicted molar refractivity (Wildman–Crippen MR) is 93.1 cm³/mol. The standard InChI is InChI=1S/C14H12BrF11O3S2/c1-30(2,7-8-3-5-9(15)6-4-8)29-31(27,28)14(25,26)12(20,21)10(16,17)11(18,19)13(22,23)24/h3-6H,7H2,1-2H3. The van der Waals surface area contributed by atoms with Crippen molar-refractivity contribution in [2.45, 2.75) is 35.0 Å². The average molecular weight is 581 g/mol. The molecule has 1 rings (SSSR count). The minimum absolute atomic E-state index is 0.224. The Morgan fingerprint density at radius 3 is 1.58 bits per heavy atom. The Balaban J connectivity index is 3.34. The molecule has 0 amide bonds. The molecule has 0 N–H and O–H groups in total. The molecule has 0 aliphatic heterocycles. The minimum atomic E-state index is -7.84. The molecule has 0 saturated heterocycles. The molecule has 17 heteroatoms. The van der Waals surface area contributed by atoms with E-state index in [2.05, 4.69) is 19.6 Å². The second kappa shape index (κ2) is 8.20. The molecule has 0 aromatic heterocycles. The number of alkyl halides is 11. The quantitative estimate of drug-likeness (QED) is 0.337. The Labute approximate surface area is 178 Å². The SMILES string of the molecule is CS(C)(Cc1ccc(Br)cc1)OS(=O)(=O)C(F)(F)C(F)(F)C(F)(F)C(F)(F)C(F)(F)F. The molecule has 3 nitrogen and oxygen atoms in total. The maximum Gasteiger partial charge on any atom is 0.460 e. The zero-order valence-electron chi connectivity index (χ0n) is 15.1. The first-order chi connectivity index (χ1) is 13.4. The summed E-state index contributed by atoms with van der Waals surface area (Å²) >= 11 is 3.06. The van der Waals surface area contributed by atoms with Gasteiger partial charge in [-0.2, -0.15) is 56.7 Å². The van der Waals surface area contributed by atoms with Crippen molar-refractivity contribution in [1.82, 2.24) is 0 Å². The van der Waals surface area contributed by atoms with E-state index in [4.69, 9.17) is 0 Å². The first kappa shape index (κ1) is 28.2. The van der Waals surface area contributed by atoms with Gasteiger partial charge in [0.2, 0.25) is 0 Å². The summed E-state index contributed by atoms with van der Waals surface area (Å²) in [6, 6.07) is 5.50. The van der Waals surface area contributed by atoms with Crippen LogP contribution in [-0.2, 0) is 19.5 Å². The van der Waals surface area contributed by atoms with Gasteiger partial charge in [-0.05, 0) is 30.2 Å². The molecule has 0 fully saturated rings. The smallest absolute Gasteiger partial charge is 0.215 e. The van der Waals surface area contributed by atoms with E-state index in [-0.39, 0.29) is 5.56 Å².